The maximum atomic E-state index is 12.4. The summed E-state index contributed by atoms with van der Waals surface area (Å²) in [6.07, 6.45) is 1.07. The third kappa shape index (κ3) is 5.03. The number of thioether (sulfide) groups is 1. The zero-order valence-electron chi connectivity index (χ0n) is 17.0. The Morgan fingerprint density at radius 3 is 2.52 bits per heavy atom. The van der Waals surface area contributed by atoms with Gasteiger partial charge in [0.2, 0.25) is 5.91 Å². The van der Waals surface area contributed by atoms with Crippen molar-refractivity contribution in [2.24, 2.45) is 0 Å². The molecule has 1 saturated carbocycles. The van der Waals surface area contributed by atoms with Gasteiger partial charge >= 0.3 is 0 Å². The Hall–Kier alpha value is -1.73. The number of aryl methyl sites for hydroxylation is 1. The van der Waals surface area contributed by atoms with Crippen LogP contribution in [0.2, 0.25) is 15.1 Å². The van der Waals surface area contributed by atoms with Crippen LogP contribution in [0.4, 0.5) is 5.69 Å². The van der Waals surface area contributed by atoms with Crippen LogP contribution in [-0.2, 0) is 11.3 Å². The average Bonchev–Trinajstić information content (AvgIpc) is 3.42. The van der Waals surface area contributed by atoms with E-state index in [-0.39, 0.29) is 11.7 Å². The molecule has 1 amide bonds. The van der Waals surface area contributed by atoms with Gasteiger partial charge in [-0.15, -0.1) is 10.2 Å². The second-order valence-electron chi connectivity index (χ2n) is 7.53. The summed E-state index contributed by atoms with van der Waals surface area (Å²) in [7, 11) is 0. The van der Waals surface area contributed by atoms with Gasteiger partial charge in [0.1, 0.15) is 5.82 Å². The molecule has 2 aromatic carbocycles. The maximum absolute atomic E-state index is 12.4. The van der Waals surface area contributed by atoms with Crippen molar-refractivity contribution in [2.45, 2.75) is 43.8 Å². The van der Waals surface area contributed by atoms with E-state index in [1.54, 1.807) is 6.07 Å². The summed E-state index contributed by atoms with van der Waals surface area (Å²) in [6, 6.07) is 11.7. The normalized spacial score (nSPS) is 17.6. The predicted octanol–water partition coefficient (Wildman–Crippen LogP) is 6.57. The predicted molar refractivity (Wildman–Crippen MR) is 128 cm³/mol. The molecule has 3 aromatic rings. The lowest BCUT2D eigenvalue weighted by Crippen LogP contribution is -2.15. The number of benzene rings is 2. The zero-order chi connectivity index (χ0) is 22.1. The van der Waals surface area contributed by atoms with E-state index >= 15 is 0 Å². The minimum Gasteiger partial charge on any atom is -0.324 e. The Morgan fingerprint density at radius 1 is 1.10 bits per heavy atom. The largest absolute Gasteiger partial charge is 0.324 e. The molecule has 0 bridgehead atoms. The molecule has 1 fully saturated rings. The van der Waals surface area contributed by atoms with Crippen LogP contribution < -0.4 is 5.32 Å². The van der Waals surface area contributed by atoms with E-state index in [0.29, 0.717) is 32.6 Å². The Labute approximate surface area is 200 Å². The second kappa shape index (κ2) is 9.41. The zero-order valence-corrected chi connectivity index (χ0v) is 20.1. The number of nitrogens with zero attached hydrogens (tertiary/aromatic N) is 3. The number of aromatic nitrogens is 3. The van der Waals surface area contributed by atoms with Gasteiger partial charge in [0.05, 0.1) is 26.5 Å². The van der Waals surface area contributed by atoms with E-state index in [2.05, 4.69) is 58.2 Å². The van der Waals surface area contributed by atoms with E-state index in [4.69, 9.17) is 34.8 Å². The van der Waals surface area contributed by atoms with E-state index in [9.17, 15) is 4.79 Å². The minimum atomic E-state index is -0.207. The monoisotopic (exact) mass is 494 g/mol. The van der Waals surface area contributed by atoms with Crippen LogP contribution in [0.1, 0.15) is 42.1 Å². The van der Waals surface area contributed by atoms with Gasteiger partial charge in [0, 0.05) is 12.5 Å². The Kier molecular flexibility index (Phi) is 6.82. The quantitative estimate of drug-likeness (QED) is 0.297. The summed E-state index contributed by atoms with van der Waals surface area (Å²) < 4.78 is 2.10. The van der Waals surface area contributed by atoms with Crippen LogP contribution in [0.3, 0.4) is 0 Å². The number of anilines is 1. The number of hydrogen-bond donors (Lipinski definition) is 1. The highest BCUT2D eigenvalue weighted by Crippen LogP contribution is 2.54. The molecule has 9 heteroatoms. The molecular formula is C22H21Cl3N4OS. The molecule has 0 saturated heterocycles. The van der Waals surface area contributed by atoms with Gasteiger partial charge in [-0.2, -0.15) is 0 Å². The highest BCUT2D eigenvalue weighted by molar-refractivity contribution is 7.99. The van der Waals surface area contributed by atoms with Gasteiger partial charge in [0.15, 0.2) is 5.16 Å². The van der Waals surface area contributed by atoms with E-state index in [1.807, 2.05) is 0 Å². The van der Waals surface area contributed by atoms with Crippen molar-refractivity contribution in [2.75, 3.05) is 11.1 Å². The van der Waals surface area contributed by atoms with Crippen LogP contribution in [-0.4, -0.2) is 26.4 Å². The van der Waals surface area contributed by atoms with E-state index in [0.717, 1.165) is 23.9 Å². The van der Waals surface area contributed by atoms with Crippen LogP contribution in [0.25, 0.3) is 0 Å². The van der Waals surface area contributed by atoms with Crippen molar-refractivity contribution >= 4 is 58.2 Å². The second-order valence-corrected chi connectivity index (χ2v) is 9.69. The molecule has 0 aliphatic heterocycles. The molecule has 0 unspecified atom stereocenters. The van der Waals surface area contributed by atoms with Crippen LogP contribution in [0.5, 0.6) is 0 Å². The van der Waals surface area contributed by atoms with Crippen molar-refractivity contribution in [1.82, 2.24) is 14.8 Å². The topological polar surface area (TPSA) is 59.8 Å². The smallest absolute Gasteiger partial charge is 0.234 e. The number of rotatable bonds is 7. The minimum absolute atomic E-state index is 0.181. The van der Waals surface area contributed by atoms with Gasteiger partial charge in [-0.05, 0) is 43.9 Å². The van der Waals surface area contributed by atoms with Gasteiger partial charge in [0.25, 0.3) is 0 Å². The van der Waals surface area contributed by atoms with E-state index in [1.165, 1.54) is 29.0 Å². The third-order valence-corrected chi connectivity index (χ3v) is 7.31. The molecule has 0 spiro atoms. The molecule has 1 N–H and O–H groups in total. The van der Waals surface area contributed by atoms with E-state index < -0.39 is 0 Å². The van der Waals surface area contributed by atoms with Crippen LogP contribution >= 0.6 is 46.6 Å². The lowest BCUT2D eigenvalue weighted by Gasteiger charge is -2.09. The molecule has 1 heterocycles. The Bertz CT molecular complexity index is 1120. The lowest BCUT2D eigenvalue weighted by atomic mass is 10.1. The fourth-order valence-corrected chi connectivity index (χ4v) is 4.98. The van der Waals surface area contributed by atoms with Crippen molar-refractivity contribution in [1.29, 1.82) is 0 Å². The van der Waals surface area contributed by atoms with Crippen molar-refractivity contribution in [3.63, 3.8) is 0 Å². The van der Waals surface area contributed by atoms with Crippen LogP contribution in [0, 0.1) is 6.92 Å². The fraction of sp³-hybridized carbons (Fsp3) is 0.318. The highest BCUT2D eigenvalue weighted by atomic mass is 35.5. The first-order valence-electron chi connectivity index (χ1n) is 9.94. The Balaban J connectivity index is 1.40. The summed E-state index contributed by atoms with van der Waals surface area (Å²) in [5.74, 6) is 1.81. The number of carbonyl (C=O) groups excluding carboxylic acids is 1. The third-order valence-electron chi connectivity index (χ3n) is 5.31. The van der Waals surface area contributed by atoms with Gasteiger partial charge in [-0.25, -0.2) is 0 Å². The number of amides is 1. The number of hydrogen-bond acceptors (Lipinski definition) is 4. The summed E-state index contributed by atoms with van der Waals surface area (Å²) in [5.41, 5.74) is 3.03. The molecule has 4 rings (SSSR count). The van der Waals surface area contributed by atoms with Crippen molar-refractivity contribution in [3.8, 4) is 0 Å². The number of halogens is 3. The summed E-state index contributed by atoms with van der Waals surface area (Å²) in [5, 5.41) is 13.3. The highest BCUT2D eigenvalue weighted by Gasteiger charge is 2.43. The van der Waals surface area contributed by atoms with Crippen molar-refractivity contribution in [3.05, 3.63) is 68.4 Å². The summed E-state index contributed by atoms with van der Waals surface area (Å²) in [6.45, 7) is 4.91. The van der Waals surface area contributed by atoms with Gasteiger partial charge < -0.3 is 9.88 Å². The van der Waals surface area contributed by atoms with Crippen LogP contribution in [0.15, 0.2) is 41.6 Å². The first-order valence-corrected chi connectivity index (χ1v) is 12.1. The molecular weight excluding hydrogens is 475 g/mol. The molecule has 5 nitrogen and oxygen atoms in total. The molecule has 31 heavy (non-hydrogen) atoms. The fourth-order valence-electron chi connectivity index (χ4n) is 3.58. The van der Waals surface area contributed by atoms with Gasteiger partial charge in [-0.3, -0.25) is 4.79 Å². The lowest BCUT2D eigenvalue weighted by molar-refractivity contribution is -0.113. The molecule has 1 aliphatic carbocycles. The summed E-state index contributed by atoms with van der Waals surface area (Å²) >= 11 is 19.4. The first-order chi connectivity index (χ1) is 14.9. The average molecular weight is 496 g/mol. The SMILES string of the molecule is CCn1c(SCC(=O)Nc2cc(Cl)c(Cl)cc2Cl)nnc1[C@@H]1C[C@@H]1c1ccc(C)cc1. The Morgan fingerprint density at radius 2 is 1.81 bits per heavy atom. The molecule has 162 valence electrons. The standard InChI is InChI=1S/C22H21Cl3N4OS/c1-3-29-21(15-8-14(15)13-6-4-12(2)5-7-13)27-28-22(29)31-11-20(30)26-19-10-17(24)16(23)9-18(19)25/h4-7,9-10,14-15H,3,8,11H2,1-2H3,(H,26,30)/t14-,15-/m1/s1. The molecule has 2 atom stereocenters. The molecule has 1 aromatic heterocycles. The molecule has 0 radical (unpaired) electrons. The maximum Gasteiger partial charge on any atom is 0.234 e. The van der Waals surface area contributed by atoms with Crippen molar-refractivity contribution < 1.29 is 4.79 Å². The first kappa shape index (κ1) is 22.5. The number of nitrogens with one attached hydrogen (secondary N) is 1. The van der Waals surface area contributed by atoms with Gasteiger partial charge in [-0.1, -0.05) is 76.4 Å². The summed E-state index contributed by atoms with van der Waals surface area (Å²) in [4.78, 5) is 12.4. The number of carbonyl (C=O) groups is 1. The molecule has 1 aliphatic rings.